The lowest BCUT2D eigenvalue weighted by atomic mass is 10.1. The number of ether oxygens (including phenoxy) is 1. The second kappa shape index (κ2) is 6.36. The quantitative estimate of drug-likeness (QED) is 0.536. The van der Waals surface area contributed by atoms with E-state index < -0.39 is 0 Å². The molecule has 0 bridgehead atoms. The molecule has 0 amide bonds. The van der Waals surface area contributed by atoms with Gasteiger partial charge in [-0.1, -0.05) is 55.5 Å². The van der Waals surface area contributed by atoms with Crippen LogP contribution in [0.25, 0.3) is 21.8 Å². The highest BCUT2D eigenvalue weighted by Gasteiger charge is 2.18. The number of rotatable bonds is 5. The van der Waals surface area contributed by atoms with Crippen molar-refractivity contribution in [3.05, 3.63) is 72.6 Å². The maximum atomic E-state index is 6.17. The third-order valence-electron chi connectivity index (χ3n) is 4.36. The molecular weight excluding hydrogens is 296 g/mol. The fraction of sp³-hybridized carbons (Fsp3) is 0.190. The molecule has 0 aliphatic rings. The van der Waals surface area contributed by atoms with Crippen LogP contribution >= 0.6 is 0 Å². The van der Waals surface area contributed by atoms with Gasteiger partial charge in [-0.15, -0.1) is 0 Å². The summed E-state index contributed by atoms with van der Waals surface area (Å²) in [5.41, 5.74) is 2.39. The Morgan fingerprint density at radius 3 is 2.62 bits per heavy atom. The normalized spacial score (nSPS) is 11.2. The smallest absolute Gasteiger partial charge is 0.293 e. The summed E-state index contributed by atoms with van der Waals surface area (Å²) in [6.07, 6.45) is 1.09. The number of fused-ring (bicyclic) bond motifs is 2. The number of hydrogen-bond donors (Lipinski definition) is 1. The highest BCUT2D eigenvalue weighted by molar-refractivity contribution is 5.88. The molecule has 4 aromatic rings. The Morgan fingerprint density at radius 2 is 1.71 bits per heavy atom. The van der Waals surface area contributed by atoms with E-state index >= 15 is 0 Å². The molecule has 24 heavy (non-hydrogen) atoms. The molecule has 4 rings (SSSR count). The first-order valence-electron chi connectivity index (χ1n) is 8.47. The first-order chi connectivity index (χ1) is 11.9. The molecule has 1 N–H and O–H groups in total. The zero-order chi connectivity index (χ0) is 16.4. The second-order valence-corrected chi connectivity index (χ2v) is 6.01. The van der Waals surface area contributed by atoms with Gasteiger partial charge >= 0.3 is 0 Å². The van der Waals surface area contributed by atoms with Gasteiger partial charge in [0, 0.05) is 5.39 Å². The molecule has 3 aromatic carbocycles. The number of aromatic nitrogens is 2. The molecule has 1 heterocycles. The van der Waals surface area contributed by atoms with E-state index in [1.807, 2.05) is 12.1 Å². The Balaban J connectivity index is 1.68. The van der Waals surface area contributed by atoms with E-state index in [2.05, 4.69) is 71.1 Å². The summed E-state index contributed by atoms with van der Waals surface area (Å²) < 4.78 is 8.49. The largest absolute Gasteiger partial charge is 0.480 e. The summed E-state index contributed by atoms with van der Waals surface area (Å²) in [7, 11) is 0. The molecule has 0 fully saturated rings. The molecule has 120 valence electrons. The van der Waals surface area contributed by atoms with E-state index in [9.17, 15) is 0 Å². The average molecular weight is 317 g/mol. The molecular formula is C21H21N2O+. The standard InChI is InChI=1S/C21H20N2O/c1-2-14-23-19-12-6-5-11-18(19)22-21(23)15-24-20-13-7-9-16-8-3-4-10-17(16)20/h3-13H,2,14-15H2,1H3/p+1. The number of nitrogens with zero attached hydrogens (tertiary/aromatic N) is 1. The molecule has 0 saturated carbocycles. The first-order valence-corrected chi connectivity index (χ1v) is 8.47. The molecule has 1 aromatic heterocycles. The minimum atomic E-state index is 0.530. The van der Waals surface area contributed by atoms with Crippen LogP contribution in [0.15, 0.2) is 66.7 Å². The van der Waals surface area contributed by atoms with Crippen molar-refractivity contribution < 1.29 is 9.30 Å². The zero-order valence-corrected chi connectivity index (χ0v) is 13.8. The van der Waals surface area contributed by atoms with Crippen LogP contribution in [-0.2, 0) is 13.2 Å². The van der Waals surface area contributed by atoms with Gasteiger partial charge in [-0.25, -0.2) is 9.55 Å². The molecule has 0 aliphatic heterocycles. The van der Waals surface area contributed by atoms with Crippen LogP contribution in [0.2, 0.25) is 0 Å². The van der Waals surface area contributed by atoms with Gasteiger partial charge in [0.1, 0.15) is 5.75 Å². The van der Waals surface area contributed by atoms with Crippen molar-refractivity contribution in [2.75, 3.05) is 0 Å². The number of imidazole rings is 1. The van der Waals surface area contributed by atoms with Crippen LogP contribution in [0, 0.1) is 0 Å². The summed E-state index contributed by atoms with van der Waals surface area (Å²) in [5.74, 6) is 2.03. The fourth-order valence-electron chi connectivity index (χ4n) is 3.24. The van der Waals surface area contributed by atoms with Gasteiger partial charge in [0.2, 0.25) is 0 Å². The molecule has 3 nitrogen and oxygen atoms in total. The van der Waals surface area contributed by atoms with Crippen molar-refractivity contribution >= 4 is 21.8 Å². The summed E-state index contributed by atoms with van der Waals surface area (Å²) in [6, 6.07) is 22.9. The van der Waals surface area contributed by atoms with Crippen molar-refractivity contribution in [1.29, 1.82) is 0 Å². The Hall–Kier alpha value is -2.81. The summed E-state index contributed by atoms with van der Waals surface area (Å²) in [6.45, 7) is 3.71. The summed E-state index contributed by atoms with van der Waals surface area (Å²) >= 11 is 0. The van der Waals surface area contributed by atoms with E-state index in [4.69, 9.17) is 4.74 Å². The lowest BCUT2D eigenvalue weighted by Crippen LogP contribution is -2.37. The Bertz CT molecular complexity index is 982. The Kier molecular flexibility index (Phi) is 3.91. The van der Waals surface area contributed by atoms with E-state index in [1.165, 1.54) is 10.9 Å². The topological polar surface area (TPSA) is 28.9 Å². The molecule has 0 aliphatic carbocycles. The number of hydrogen-bond acceptors (Lipinski definition) is 1. The van der Waals surface area contributed by atoms with E-state index in [1.54, 1.807) is 0 Å². The second-order valence-electron chi connectivity index (χ2n) is 6.01. The number of benzene rings is 3. The molecule has 0 spiro atoms. The van der Waals surface area contributed by atoms with Crippen LogP contribution in [0.1, 0.15) is 19.2 Å². The van der Waals surface area contributed by atoms with Crippen LogP contribution in [-0.4, -0.2) is 4.98 Å². The molecule has 3 heteroatoms. The lowest BCUT2D eigenvalue weighted by molar-refractivity contribution is -0.680. The monoisotopic (exact) mass is 317 g/mol. The van der Waals surface area contributed by atoms with Crippen molar-refractivity contribution in [2.45, 2.75) is 26.5 Å². The van der Waals surface area contributed by atoms with Gasteiger partial charge < -0.3 is 4.74 Å². The van der Waals surface area contributed by atoms with Crippen LogP contribution in [0.3, 0.4) is 0 Å². The molecule has 0 saturated heterocycles. The minimum absolute atomic E-state index is 0.530. The highest BCUT2D eigenvalue weighted by Crippen LogP contribution is 2.25. The Labute approximate surface area is 141 Å². The van der Waals surface area contributed by atoms with E-state index in [0.717, 1.165) is 35.4 Å². The van der Waals surface area contributed by atoms with Crippen LogP contribution in [0.4, 0.5) is 0 Å². The van der Waals surface area contributed by atoms with Crippen LogP contribution in [0.5, 0.6) is 5.75 Å². The predicted octanol–water partition coefficient (Wildman–Crippen LogP) is 4.60. The number of nitrogens with one attached hydrogen (secondary N) is 1. The third kappa shape index (κ3) is 2.62. The van der Waals surface area contributed by atoms with Gasteiger partial charge in [0.05, 0.1) is 6.54 Å². The van der Waals surface area contributed by atoms with Gasteiger partial charge in [-0.3, -0.25) is 0 Å². The maximum absolute atomic E-state index is 6.17. The average Bonchev–Trinajstić information content (AvgIpc) is 2.98. The van der Waals surface area contributed by atoms with Crippen molar-refractivity contribution in [1.82, 2.24) is 4.98 Å². The third-order valence-corrected chi connectivity index (χ3v) is 4.36. The number of aryl methyl sites for hydroxylation is 1. The SMILES string of the molecule is CCC[n+]1c(COc2cccc3ccccc23)[nH]c2ccccc21. The predicted molar refractivity (Wildman–Crippen MR) is 97.1 cm³/mol. The van der Waals surface area contributed by atoms with E-state index in [0.29, 0.717) is 6.61 Å². The molecule has 0 atom stereocenters. The van der Waals surface area contributed by atoms with Gasteiger partial charge in [-0.05, 0) is 30.0 Å². The summed E-state index contributed by atoms with van der Waals surface area (Å²) in [5, 5.41) is 2.35. The van der Waals surface area contributed by atoms with Gasteiger partial charge in [0.15, 0.2) is 17.6 Å². The highest BCUT2D eigenvalue weighted by atomic mass is 16.5. The first kappa shape index (κ1) is 14.8. The lowest BCUT2D eigenvalue weighted by Gasteiger charge is -2.08. The van der Waals surface area contributed by atoms with Gasteiger partial charge in [-0.2, -0.15) is 0 Å². The van der Waals surface area contributed by atoms with E-state index in [-0.39, 0.29) is 0 Å². The zero-order valence-electron chi connectivity index (χ0n) is 13.8. The van der Waals surface area contributed by atoms with Crippen molar-refractivity contribution in [2.24, 2.45) is 0 Å². The number of H-pyrrole nitrogens is 1. The number of aromatic amines is 1. The van der Waals surface area contributed by atoms with Crippen LogP contribution < -0.4 is 9.30 Å². The maximum Gasteiger partial charge on any atom is 0.293 e. The van der Waals surface area contributed by atoms with Crippen molar-refractivity contribution in [3.63, 3.8) is 0 Å². The summed E-state index contributed by atoms with van der Waals surface area (Å²) in [4.78, 5) is 3.51. The van der Waals surface area contributed by atoms with Gasteiger partial charge in [0.25, 0.3) is 5.82 Å². The Morgan fingerprint density at radius 1 is 0.917 bits per heavy atom. The van der Waals surface area contributed by atoms with Crippen molar-refractivity contribution in [3.8, 4) is 5.75 Å². The minimum Gasteiger partial charge on any atom is -0.480 e. The molecule has 0 unspecified atom stereocenters. The molecule has 0 radical (unpaired) electrons. The number of para-hydroxylation sites is 2. The fourth-order valence-corrected chi connectivity index (χ4v) is 3.24.